The van der Waals surface area contributed by atoms with Crippen LogP contribution in [0.1, 0.15) is 15.5 Å². The van der Waals surface area contributed by atoms with E-state index in [-0.39, 0.29) is 24.3 Å². The van der Waals surface area contributed by atoms with Crippen LogP contribution in [0.4, 0.5) is 11.9 Å². The molecule has 0 saturated heterocycles. The Morgan fingerprint density at radius 1 is 1.32 bits per heavy atom. The van der Waals surface area contributed by atoms with Gasteiger partial charge in [0.15, 0.2) is 17.3 Å². The largest absolute Gasteiger partial charge is 0.495 e. The van der Waals surface area contributed by atoms with Crippen molar-refractivity contribution in [2.24, 2.45) is 0 Å². The van der Waals surface area contributed by atoms with Crippen molar-refractivity contribution >= 4 is 29.2 Å². The van der Waals surface area contributed by atoms with Gasteiger partial charge in [-0.05, 0) is 11.4 Å². The van der Waals surface area contributed by atoms with E-state index in [0.29, 0.717) is 10.6 Å². The molecule has 2 aromatic rings. The second-order valence-electron chi connectivity index (χ2n) is 3.36. The molecular weight excluding hydrogens is 270 g/mol. The fourth-order valence-corrected chi connectivity index (χ4v) is 2.07. The summed E-state index contributed by atoms with van der Waals surface area (Å²) in [5, 5.41) is 1.73. The first-order valence-electron chi connectivity index (χ1n) is 5.14. The van der Waals surface area contributed by atoms with Gasteiger partial charge in [-0.25, -0.2) is 4.79 Å². The summed E-state index contributed by atoms with van der Waals surface area (Å²) in [5.41, 5.74) is 10.8. The second kappa shape index (κ2) is 5.48. The first-order valence-corrected chi connectivity index (χ1v) is 6.02. The Kier molecular flexibility index (Phi) is 3.76. The smallest absolute Gasteiger partial charge is 0.352 e. The third-order valence-electron chi connectivity index (χ3n) is 2.08. The van der Waals surface area contributed by atoms with Crippen molar-refractivity contribution in [1.29, 1.82) is 0 Å². The average molecular weight is 281 g/mol. The number of rotatable bonds is 4. The maximum Gasteiger partial charge on any atom is 0.352 e. The number of aromatic nitrogens is 3. The molecule has 8 nitrogen and oxygen atoms in total. The zero-order chi connectivity index (χ0) is 13.8. The molecule has 9 heteroatoms. The van der Waals surface area contributed by atoms with Gasteiger partial charge in [-0.15, -0.1) is 11.3 Å². The molecule has 4 N–H and O–H groups in total. The number of ether oxygens (including phenoxy) is 2. The fourth-order valence-electron chi connectivity index (χ4n) is 1.32. The SMILES string of the molecule is COc1ccsc1C(=O)OCc1nc(N)nc(N)n1. The van der Waals surface area contributed by atoms with Gasteiger partial charge < -0.3 is 20.9 Å². The van der Waals surface area contributed by atoms with Crippen LogP contribution in [0.2, 0.25) is 0 Å². The van der Waals surface area contributed by atoms with E-state index in [1.807, 2.05) is 0 Å². The van der Waals surface area contributed by atoms with E-state index in [2.05, 4.69) is 15.0 Å². The summed E-state index contributed by atoms with van der Waals surface area (Å²) in [6.45, 7) is -0.142. The summed E-state index contributed by atoms with van der Waals surface area (Å²) in [7, 11) is 1.48. The van der Waals surface area contributed by atoms with Gasteiger partial charge in [0.25, 0.3) is 0 Å². The quantitative estimate of drug-likeness (QED) is 0.774. The Morgan fingerprint density at radius 3 is 2.63 bits per heavy atom. The highest BCUT2D eigenvalue weighted by Crippen LogP contribution is 2.25. The number of esters is 1. The molecular formula is C10H11N5O3S. The Balaban J connectivity index is 2.04. The fraction of sp³-hybridized carbons (Fsp3) is 0.200. The summed E-state index contributed by atoms with van der Waals surface area (Å²) in [6.07, 6.45) is 0. The van der Waals surface area contributed by atoms with Gasteiger partial charge in [-0.3, -0.25) is 0 Å². The molecule has 0 aliphatic rings. The minimum atomic E-state index is -0.524. The van der Waals surface area contributed by atoms with Crippen LogP contribution in [-0.2, 0) is 11.3 Å². The molecule has 0 spiro atoms. The van der Waals surface area contributed by atoms with Gasteiger partial charge in [0.1, 0.15) is 5.75 Å². The van der Waals surface area contributed by atoms with E-state index >= 15 is 0 Å². The maximum atomic E-state index is 11.8. The minimum Gasteiger partial charge on any atom is -0.495 e. The predicted molar refractivity (Wildman–Crippen MR) is 68.6 cm³/mol. The van der Waals surface area contributed by atoms with Crippen LogP contribution in [0.3, 0.4) is 0 Å². The van der Waals surface area contributed by atoms with Crippen molar-refractivity contribution in [3.05, 3.63) is 22.1 Å². The summed E-state index contributed by atoms with van der Waals surface area (Å²) in [5.74, 6) is 0.0856. The van der Waals surface area contributed by atoms with Gasteiger partial charge in [-0.1, -0.05) is 0 Å². The summed E-state index contributed by atoms with van der Waals surface area (Å²) in [6, 6.07) is 1.68. The Bertz CT molecular complexity index is 580. The van der Waals surface area contributed by atoms with Crippen molar-refractivity contribution in [3.63, 3.8) is 0 Å². The number of nitrogens with two attached hydrogens (primary N) is 2. The summed E-state index contributed by atoms with van der Waals surface area (Å²) < 4.78 is 10.1. The van der Waals surface area contributed by atoms with Crippen LogP contribution in [0.5, 0.6) is 5.75 Å². The Hall–Kier alpha value is -2.42. The first-order chi connectivity index (χ1) is 9.10. The molecule has 0 unspecified atom stereocenters. The molecule has 2 aromatic heterocycles. The lowest BCUT2D eigenvalue weighted by Crippen LogP contribution is -2.10. The zero-order valence-electron chi connectivity index (χ0n) is 9.99. The van der Waals surface area contributed by atoms with E-state index in [1.165, 1.54) is 18.4 Å². The molecule has 0 atom stereocenters. The number of hydrogen-bond donors (Lipinski definition) is 2. The van der Waals surface area contributed by atoms with Gasteiger partial charge in [-0.2, -0.15) is 15.0 Å². The monoisotopic (exact) mass is 281 g/mol. The number of carbonyl (C=O) groups excluding carboxylic acids is 1. The molecule has 2 rings (SSSR count). The molecule has 100 valence electrons. The number of nitrogens with zero attached hydrogens (tertiary/aromatic N) is 3. The predicted octanol–water partition coefficient (Wildman–Crippen LogP) is 0.463. The molecule has 0 aliphatic heterocycles. The highest BCUT2D eigenvalue weighted by atomic mass is 32.1. The van der Waals surface area contributed by atoms with Gasteiger partial charge in [0.05, 0.1) is 7.11 Å². The molecule has 0 bridgehead atoms. The van der Waals surface area contributed by atoms with Crippen molar-refractivity contribution in [2.75, 3.05) is 18.6 Å². The van der Waals surface area contributed by atoms with E-state index < -0.39 is 5.97 Å². The van der Waals surface area contributed by atoms with Crippen LogP contribution in [0, 0.1) is 0 Å². The van der Waals surface area contributed by atoms with E-state index in [9.17, 15) is 4.79 Å². The number of thiophene rings is 1. The van der Waals surface area contributed by atoms with Crippen LogP contribution in [0.25, 0.3) is 0 Å². The highest BCUT2D eigenvalue weighted by molar-refractivity contribution is 7.12. The molecule has 0 fully saturated rings. The molecule has 0 aliphatic carbocycles. The van der Waals surface area contributed by atoms with Gasteiger partial charge in [0.2, 0.25) is 11.9 Å². The molecule has 0 saturated carbocycles. The third-order valence-corrected chi connectivity index (χ3v) is 2.96. The first kappa shape index (κ1) is 13.0. The van der Waals surface area contributed by atoms with Crippen LogP contribution in [-0.4, -0.2) is 28.0 Å². The van der Waals surface area contributed by atoms with Gasteiger partial charge in [0, 0.05) is 0 Å². The third kappa shape index (κ3) is 3.07. The number of carbonyl (C=O) groups is 1. The number of anilines is 2. The van der Waals surface area contributed by atoms with E-state index in [4.69, 9.17) is 20.9 Å². The summed E-state index contributed by atoms with van der Waals surface area (Å²) >= 11 is 1.22. The molecule has 2 heterocycles. The number of nitrogen functional groups attached to an aromatic ring is 2. The topological polar surface area (TPSA) is 126 Å². The van der Waals surface area contributed by atoms with Crippen molar-refractivity contribution in [3.8, 4) is 5.75 Å². The van der Waals surface area contributed by atoms with E-state index in [1.54, 1.807) is 11.4 Å². The van der Waals surface area contributed by atoms with Gasteiger partial charge >= 0.3 is 5.97 Å². The maximum absolute atomic E-state index is 11.8. The minimum absolute atomic E-state index is 0.0211. The van der Waals surface area contributed by atoms with Crippen molar-refractivity contribution in [2.45, 2.75) is 6.61 Å². The Labute approximate surface area is 112 Å². The normalized spacial score (nSPS) is 10.2. The lowest BCUT2D eigenvalue weighted by Gasteiger charge is -2.05. The standard InChI is InChI=1S/C10H11N5O3S/c1-17-5-2-3-19-7(5)8(16)18-4-6-13-9(11)15-10(12)14-6/h2-3H,4H2,1H3,(H4,11,12,13,14,15). The molecule has 0 aromatic carbocycles. The Morgan fingerprint density at radius 2 is 2.00 bits per heavy atom. The van der Waals surface area contributed by atoms with Crippen molar-refractivity contribution < 1.29 is 14.3 Å². The zero-order valence-corrected chi connectivity index (χ0v) is 10.8. The molecule has 0 amide bonds. The molecule has 19 heavy (non-hydrogen) atoms. The van der Waals surface area contributed by atoms with E-state index in [0.717, 1.165) is 0 Å². The highest BCUT2D eigenvalue weighted by Gasteiger charge is 2.16. The molecule has 0 radical (unpaired) electrons. The lowest BCUT2D eigenvalue weighted by molar-refractivity contribution is 0.0465. The number of hydrogen-bond acceptors (Lipinski definition) is 9. The number of methoxy groups -OCH3 is 1. The lowest BCUT2D eigenvalue weighted by atomic mass is 10.4. The summed E-state index contributed by atoms with van der Waals surface area (Å²) in [4.78, 5) is 23.4. The van der Waals surface area contributed by atoms with Crippen molar-refractivity contribution in [1.82, 2.24) is 15.0 Å². The van der Waals surface area contributed by atoms with Crippen LogP contribution >= 0.6 is 11.3 Å². The van der Waals surface area contributed by atoms with Crippen LogP contribution < -0.4 is 16.2 Å². The average Bonchev–Trinajstić information content (AvgIpc) is 2.83. The van der Waals surface area contributed by atoms with Crippen LogP contribution in [0.15, 0.2) is 11.4 Å². The second-order valence-corrected chi connectivity index (χ2v) is 4.28.